The van der Waals surface area contributed by atoms with Crippen LogP contribution in [0.15, 0.2) is 6.20 Å². The van der Waals surface area contributed by atoms with Gasteiger partial charge in [0.1, 0.15) is 5.02 Å². The molecule has 1 N–H and O–H groups in total. The summed E-state index contributed by atoms with van der Waals surface area (Å²) in [5.41, 5.74) is -0.236. The molecule has 1 aliphatic rings. The van der Waals surface area contributed by atoms with Crippen molar-refractivity contribution in [2.75, 3.05) is 39.3 Å². The Morgan fingerprint density at radius 3 is 2.79 bits per heavy atom. The Hall–Kier alpha value is -1.11. The number of methoxy groups -OCH3 is 2. The van der Waals surface area contributed by atoms with Gasteiger partial charge in [0.15, 0.2) is 5.82 Å². The average molecular weight is 288 g/mol. The van der Waals surface area contributed by atoms with Crippen LogP contribution in [0, 0.1) is 0 Å². The number of nitrogens with zero attached hydrogens (tertiary/aromatic N) is 2. The molecule has 7 heteroatoms. The molecule has 1 aliphatic heterocycles. The molecule has 0 saturated carbocycles. The van der Waals surface area contributed by atoms with Crippen LogP contribution in [-0.4, -0.2) is 49.5 Å². The number of ether oxygens (including phenoxy) is 3. The Balaban J connectivity index is 2.04. The molecule has 1 fully saturated rings. The van der Waals surface area contributed by atoms with Crippen molar-refractivity contribution in [2.24, 2.45) is 0 Å². The molecular weight excluding hydrogens is 270 g/mol. The molecule has 0 amide bonds. The summed E-state index contributed by atoms with van der Waals surface area (Å²) in [6, 6.07) is 0.283. The van der Waals surface area contributed by atoms with Gasteiger partial charge in [-0.3, -0.25) is 0 Å². The normalized spacial score (nSPS) is 18.1. The van der Waals surface area contributed by atoms with Crippen LogP contribution in [0.4, 0.5) is 5.82 Å². The van der Waals surface area contributed by atoms with Crippen molar-refractivity contribution in [1.82, 2.24) is 9.97 Å². The van der Waals surface area contributed by atoms with E-state index in [4.69, 9.17) is 25.8 Å². The van der Waals surface area contributed by atoms with E-state index in [1.807, 2.05) is 0 Å². The lowest BCUT2D eigenvalue weighted by Crippen LogP contribution is -2.44. The molecule has 1 saturated heterocycles. The second-order valence-corrected chi connectivity index (χ2v) is 4.81. The minimum absolute atomic E-state index is 0.236. The van der Waals surface area contributed by atoms with Crippen molar-refractivity contribution in [1.29, 1.82) is 0 Å². The van der Waals surface area contributed by atoms with E-state index < -0.39 is 0 Å². The molecule has 0 atom stereocenters. The van der Waals surface area contributed by atoms with Gasteiger partial charge in [-0.1, -0.05) is 11.6 Å². The summed E-state index contributed by atoms with van der Waals surface area (Å²) >= 11 is 6.05. The van der Waals surface area contributed by atoms with Crippen molar-refractivity contribution < 1.29 is 14.2 Å². The van der Waals surface area contributed by atoms with Gasteiger partial charge < -0.3 is 19.5 Å². The molecule has 0 bridgehead atoms. The van der Waals surface area contributed by atoms with E-state index in [2.05, 4.69) is 15.3 Å². The Kier molecular flexibility index (Phi) is 4.79. The van der Waals surface area contributed by atoms with Gasteiger partial charge in [-0.2, -0.15) is 4.98 Å². The van der Waals surface area contributed by atoms with E-state index in [1.165, 1.54) is 13.3 Å². The maximum atomic E-state index is 6.05. The highest BCUT2D eigenvalue weighted by molar-refractivity contribution is 6.32. The summed E-state index contributed by atoms with van der Waals surface area (Å²) in [6.45, 7) is 2.03. The van der Waals surface area contributed by atoms with Gasteiger partial charge in [0.05, 0.1) is 18.9 Å². The predicted molar refractivity (Wildman–Crippen MR) is 71.9 cm³/mol. The standard InChI is InChI=1S/C12H18ClN3O3/c1-17-11-14-7-9(13)10(16-11)15-8-12(18-2)3-5-19-6-4-12/h7H,3-6,8H2,1-2H3,(H,14,15,16). The number of halogens is 1. The zero-order valence-electron chi connectivity index (χ0n) is 11.1. The summed E-state index contributed by atoms with van der Waals surface area (Å²) in [5, 5.41) is 3.66. The van der Waals surface area contributed by atoms with Crippen LogP contribution in [0.25, 0.3) is 0 Å². The van der Waals surface area contributed by atoms with E-state index in [0.29, 0.717) is 30.6 Å². The van der Waals surface area contributed by atoms with E-state index in [-0.39, 0.29) is 11.6 Å². The zero-order chi connectivity index (χ0) is 13.7. The Morgan fingerprint density at radius 2 is 2.16 bits per heavy atom. The molecule has 0 aromatic carbocycles. The summed E-state index contributed by atoms with van der Waals surface area (Å²) in [7, 11) is 3.23. The van der Waals surface area contributed by atoms with Crippen molar-refractivity contribution in [2.45, 2.75) is 18.4 Å². The minimum Gasteiger partial charge on any atom is -0.467 e. The van der Waals surface area contributed by atoms with Gasteiger partial charge in [0.25, 0.3) is 0 Å². The second-order valence-electron chi connectivity index (χ2n) is 4.41. The van der Waals surface area contributed by atoms with Gasteiger partial charge in [-0.05, 0) is 0 Å². The lowest BCUT2D eigenvalue weighted by molar-refractivity contribution is -0.0807. The van der Waals surface area contributed by atoms with Crippen LogP contribution < -0.4 is 10.1 Å². The molecule has 19 heavy (non-hydrogen) atoms. The highest BCUT2D eigenvalue weighted by Crippen LogP contribution is 2.27. The molecule has 0 aliphatic carbocycles. The van der Waals surface area contributed by atoms with Crippen molar-refractivity contribution in [3.8, 4) is 6.01 Å². The van der Waals surface area contributed by atoms with Crippen LogP contribution in [-0.2, 0) is 9.47 Å². The third-order valence-electron chi connectivity index (χ3n) is 3.32. The maximum Gasteiger partial charge on any atom is 0.318 e. The fourth-order valence-electron chi connectivity index (χ4n) is 2.01. The number of hydrogen-bond donors (Lipinski definition) is 1. The Bertz CT molecular complexity index is 425. The van der Waals surface area contributed by atoms with Crippen LogP contribution >= 0.6 is 11.6 Å². The van der Waals surface area contributed by atoms with Crippen LogP contribution in [0.3, 0.4) is 0 Å². The first-order valence-corrected chi connectivity index (χ1v) is 6.50. The smallest absolute Gasteiger partial charge is 0.318 e. The molecule has 0 radical (unpaired) electrons. The molecule has 1 aromatic heterocycles. The summed E-state index contributed by atoms with van der Waals surface area (Å²) in [4.78, 5) is 8.11. The monoisotopic (exact) mass is 287 g/mol. The third-order valence-corrected chi connectivity index (χ3v) is 3.60. The van der Waals surface area contributed by atoms with Gasteiger partial charge in [-0.15, -0.1) is 0 Å². The quantitative estimate of drug-likeness (QED) is 0.890. The highest BCUT2D eigenvalue weighted by atomic mass is 35.5. The molecule has 2 rings (SSSR count). The van der Waals surface area contributed by atoms with Crippen molar-refractivity contribution >= 4 is 17.4 Å². The van der Waals surface area contributed by atoms with Crippen LogP contribution in [0.2, 0.25) is 5.02 Å². The largest absolute Gasteiger partial charge is 0.467 e. The highest BCUT2D eigenvalue weighted by Gasteiger charge is 2.32. The van der Waals surface area contributed by atoms with Gasteiger partial charge in [-0.25, -0.2) is 4.98 Å². The molecule has 6 nitrogen and oxygen atoms in total. The number of anilines is 1. The number of rotatable bonds is 5. The van der Waals surface area contributed by atoms with Crippen molar-refractivity contribution in [3.63, 3.8) is 0 Å². The van der Waals surface area contributed by atoms with Gasteiger partial charge >= 0.3 is 6.01 Å². The molecule has 0 spiro atoms. The van der Waals surface area contributed by atoms with Gasteiger partial charge in [0, 0.05) is 39.7 Å². The summed E-state index contributed by atoms with van der Waals surface area (Å²) < 4.78 is 16.0. The third kappa shape index (κ3) is 3.46. The number of nitrogens with one attached hydrogen (secondary N) is 1. The first kappa shape index (κ1) is 14.3. The number of hydrogen-bond acceptors (Lipinski definition) is 6. The topological polar surface area (TPSA) is 65.5 Å². The van der Waals surface area contributed by atoms with E-state index in [9.17, 15) is 0 Å². The fraction of sp³-hybridized carbons (Fsp3) is 0.667. The number of aromatic nitrogens is 2. The average Bonchev–Trinajstić information content (AvgIpc) is 2.47. The zero-order valence-corrected chi connectivity index (χ0v) is 11.9. The molecule has 2 heterocycles. The predicted octanol–water partition coefficient (Wildman–Crippen LogP) is 1.75. The molecule has 0 unspecified atom stereocenters. The summed E-state index contributed by atoms with van der Waals surface area (Å²) in [5.74, 6) is 0.552. The minimum atomic E-state index is -0.236. The first-order valence-electron chi connectivity index (χ1n) is 6.12. The fourth-order valence-corrected chi connectivity index (χ4v) is 2.17. The van der Waals surface area contributed by atoms with E-state index in [0.717, 1.165) is 12.8 Å². The molecule has 106 valence electrons. The summed E-state index contributed by atoms with van der Waals surface area (Å²) in [6.07, 6.45) is 3.20. The first-order chi connectivity index (χ1) is 9.19. The van der Waals surface area contributed by atoms with Crippen LogP contribution in [0.1, 0.15) is 12.8 Å². The van der Waals surface area contributed by atoms with Crippen molar-refractivity contribution in [3.05, 3.63) is 11.2 Å². The van der Waals surface area contributed by atoms with Gasteiger partial charge in [0.2, 0.25) is 0 Å². The lowest BCUT2D eigenvalue weighted by Gasteiger charge is -2.36. The van der Waals surface area contributed by atoms with E-state index in [1.54, 1.807) is 7.11 Å². The maximum absolute atomic E-state index is 6.05. The van der Waals surface area contributed by atoms with E-state index >= 15 is 0 Å². The SMILES string of the molecule is COc1ncc(Cl)c(NCC2(OC)CCOCC2)n1. The molecular formula is C12H18ClN3O3. The Labute approximate surface area is 117 Å². The van der Waals surface area contributed by atoms with Crippen LogP contribution in [0.5, 0.6) is 6.01 Å². The Morgan fingerprint density at radius 1 is 1.42 bits per heavy atom. The second kappa shape index (κ2) is 6.36. The molecule has 1 aromatic rings. The lowest BCUT2D eigenvalue weighted by atomic mass is 9.94.